The molecule has 0 aliphatic carbocycles. The summed E-state index contributed by atoms with van der Waals surface area (Å²) in [5.41, 5.74) is 0. The maximum Gasteiger partial charge on any atom is 0.226 e. The molecular weight excluding hydrogens is 130 g/mol. The van der Waals surface area contributed by atoms with Gasteiger partial charge in [-0.15, -0.1) is 0 Å². The molecule has 1 amide bonds. The van der Waals surface area contributed by atoms with Crippen molar-refractivity contribution < 1.29 is 9.90 Å². The predicted octanol–water partition coefficient (Wildman–Crippen LogP) is 0.113. The van der Waals surface area contributed by atoms with Crippen LogP contribution in [-0.4, -0.2) is 28.6 Å². The van der Waals surface area contributed by atoms with Crippen LogP contribution >= 0.6 is 0 Å². The highest BCUT2D eigenvalue weighted by molar-refractivity contribution is 5.79. The van der Waals surface area contributed by atoms with Gasteiger partial charge in [-0.2, -0.15) is 0 Å². The number of nitrogens with zero attached hydrogens (tertiary/aromatic N) is 1. The molecule has 1 fully saturated rings. The molecule has 1 atom stereocenters. The van der Waals surface area contributed by atoms with Crippen molar-refractivity contribution in [3.63, 3.8) is 0 Å². The van der Waals surface area contributed by atoms with Crippen LogP contribution in [0.1, 0.15) is 12.8 Å². The molecule has 0 bridgehead atoms. The minimum Gasteiger partial charge on any atom is -0.394 e. The topological polar surface area (TPSA) is 40.5 Å². The van der Waals surface area contributed by atoms with Gasteiger partial charge in [0, 0.05) is 6.42 Å². The summed E-state index contributed by atoms with van der Waals surface area (Å²) in [5, 5.41) is 8.74. The third kappa shape index (κ3) is 1.04. The Labute approximate surface area is 59.9 Å². The van der Waals surface area contributed by atoms with E-state index in [1.165, 1.54) is 11.1 Å². The largest absolute Gasteiger partial charge is 0.394 e. The molecule has 1 aliphatic heterocycles. The Morgan fingerprint density at radius 2 is 2.60 bits per heavy atom. The minimum atomic E-state index is -0.0231. The molecule has 1 rings (SSSR count). The van der Waals surface area contributed by atoms with Crippen molar-refractivity contribution in [3.05, 3.63) is 12.8 Å². The average Bonchev–Trinajstić information content (AvgIpc) is 2.30. The lowest BCUT2D eigenvalue weighted by Gasteiger charge is -2.17. The van der Waals surface area contributed by atoms with E-state index in [9.17, 15) is 4.79 Å². The monoisotopic (exact) mass is 141 g/mol. The minimum absolute atomic E-state index is 0.0231. The van der Waals surface area contributed by atoms with E-state index in [0.717, 1.165) is 6.42 Å². The maximum absolute atomic E-state index is 10.9. The van der Waals surface area contributed by atoms with Crippen LogP contribution in [0, 0.1) is 0 Å². The molecule has 3 nitrogen and oxygen atoms in total. The second-order valence-electron chi connectivity index (χ2n) is 2.36. The van der Waals surface area contributed by atoms with Gasteiger partial charge in [-0.25, -0.2) is 0 Å². The second-order valence-corrected chi connectivity index (χ2v) is 2.36. The van der Waals surface area contributed by atoms with Gasteiger partial charge in [-0.3, -0.25) is 4.79 Å². The van der Waals surface area contributed by atoms with Gasteiger partial charge in [-0.1, -0.05) is 6.58 Å². The van der Waals surface area contributed by atoms with E-state index in [1.807, 2.05) is 0 Å². The van der Waals surface area contributed by atoms with Crippen LogP contribution in [0.25, 0.3) is 0 Å². The van der Waals surface area contributed by atoms with Gasteiger partial charge in [0.15, 0.2) is 0 Å². The predicted molar refractivity (Wildman–Crippen MR) is 37.2 cm³/mol. The summed E-state index contributed by atoms with van der Waals surface area (Å²) in [7, 11) is 0. The van der Waals surface area contributed by atoms with Crippen molar-refractivity contribution in [2.75, 3.05) is 6.61 Å². The molecule has 0 aromatic rings. The molecule has 0 aromatic heterocycles. The van der Waals surface area contributed by atoms with Gasteiger partial charge >= 0.3 is 0 Å². The van der Waals surface area contributed by atoms with Gasteiger partial charge in [-0.05, 0) is 12.6 Å². The summed E-state index contributed by atoms with van der Waals surface area (Å²) in [6.07, 6.45) is 2.77. The summed E-state index contributed by atoms with van der Waals surface area (Å²) in [6.45, 7) is 3.52. The van der Waals surface area contributed by atoms with Crippen LogP contribution in [0.4, 0.5) is 0 Å². The highest BCUT2D eigenvalue weighted by Gasteiger charge is 2.27. The van der Waals surface area contributed by atoms with Crippen LogP contribution in [0.2, 0.25) is 0 Å². The number of aliphatic hydroxyl groups is 1. The molecule has 1 unspecified atom stereocenters. The maximum atomic E-state index is 10.9. The van der Waals surface area contributed by atoms with E-state index in [2.05, 4.69) is 6.58 Å². The Morgan fingerprint density at radius 3 is 3.00 bits per heavy atom. The molecule has 1 N–H and O–H groups in total. The lowest BCUT2D eigenvalue weighted by molar-refractivity contribution is -0.126. The fraction of sp³-hybridized carbons (Fsp3) is 0.571. The number of aliphatic hydroxyl groups excluding tert-OH is 1. The zero-order chi connectivity index (χ0) is 7.56. The molecule has 56 valence electrons. The summed E-state index contributed by atoms with van der Waals surface area (Å²) in [4.78, 5) is 12.4. The summed E-state index contributed by atoms with van der Waals surface area (Å²) in [6, 6.07) is -0.0231. The smallest absolute Gasteiger partial charge is 0.226 e. The zero-order valence-corrected chi connectivity index (χ0v) is 5.79. The van der Waals surface area contributed by atoms with Crippen molar-refractivity contribution in [2.45, 2.75) is 18.9 Å². The Bertz CT molecular complexity index is 156. The van der Waals surface area contributed by atoms with E-state index >= 15 is 0 Å². The normalized spacial score (nSPS) is 25.5. The van der Waals surface area contributed by atoms with E-state index in [0.29, 0.717) is 6.42 Å². The number of amides is 1. The van der Waals surface area contributed by atoms with Crippen LogP contribution in [0.15, 0.2) is 12.8 Å². The molecule has 1 heterocycles. The molecule has 0 saturated carbocycles. The van der Waals surface area contributed by atoms with E-state index in [4.69, 9.17) is 5.11 Å². The second kappa shape index (κ2) is 2.84. The van der Waals surface area contributed by atoms with Crippen molar-refractivity contribution in [3.8, 4) is 0 Å². The van der Waals surface area contributed by atoms with Crippen LogP contribution in [-0.2, 0) is 4.79 Å². The molecule has 10 heavy (non-hydrogen) atoms. The molecule has 0 aromatic carbocycles. The zero-order valence-electron chi connectivity index (χ0n) is 5.79. The molecule has 1 aliphatic rings. The molecule has 1 saturated heterocycles. The van der Waals surface area contributed by atoms with E-state index < -0.39 is 0 Å². The number of hydrogen-bond donors (Lipinski definition) is 1. The first-order chi connectivity index (χ1) is 4.79. The Balaban J connectivity index is 2.62. The summed E-state index contributed by atoms with van der Waals surface area (Å²) >= 11 is 0. The van der Waals surface area contributed by atoms with Crippen molar-refractivity contribution >= 4 is 5.91 Å². The lowest BCUT2D eigenvalue weighted by Crippen LogP contribution is -2.29. The average molecular weight is 141 g/mol. The standard InChI is InChI=1S/C7H11NO2/c1-2-8-6(5-9)3-4-7(8)10/h2,6,9H,1,3-5H2. The van der Waals surface area contributed by atoms with Gasteiger partial charge in [0.2, 0.25) is 5.91 Å². The van der Waals surface area contributed by atoms with Crippen molar-refractivity contribution in [1.29, 1.82) is 0 Å². The quantitative estimate of drug-likeness (QED) is 0.593. The summed E-state index contributed by atoms with van der Waals surface area (Å²) in [5.74, 6) is 0.0639. The SMILES string of the molecule is C=CN1C(=O)CCC1CO. The van der Waals surface area contributed by atoms with E-state index in [-0.39, 0.29) is 18.6 Å². The van der Waals surface area contributed by atoms with Crippen LogP contribution in [0.5, 0.6) is 0 Å². The number of rotatable bonds is 2. The molecular formula is C7H11NO2. The van der Waals surface area contributed by atoms with Crippen LogP contribution in [0.3, 0.4) is 0 Å². The molecule has 3 heteroatoms. The van der Waals surface area contributed by atoms with Crippen LogP contribution < -0.4 is 0 Å². The third-order valence-electron chi connectivity index (χ3n) is 1.78. The first-order valence-electron chi connectivity index (χ1n) is 3.34. The van der Waals surface area contributed by atoms with Gasteiger partial charge in [0.1, 0.15) is 0 Å². The molecule has 0 spiro atoms. The highest BCUT2D eigenvalue weighted by Crippen LogP contribution is 2.17. The fourth-order valence-electron chi connectivity index (χ4n) is 1.19. The van der Waals surface area contributed by atoms with Gasteiger partial charge in [0.05, 0.1) is 12.6 Å². The third-order valence-corrected chi connectivity index (χ3v) is 1.78. The molecule has 0 radical (unpaired) electrons. The Morgan fingerprint density at radius 1 is 1.90 bits per heavy atom. The highest BCUT2D eigenvalue weighted by atomic mass is 16.3. The Kier molecular flexibility index (Phi) is 2.06. The fourth-order valence-corrected chi connectivity index (χ4v) is 1.19. The Hall–Kier alpha value is -0.830. The first kappa shape index (κ1) is 7.28. The number of carbonyl (C=O) groups is 1. The van der Waals surface area contributed by atoms with Crippen molar-refractivity contribution in [1.82, 2.24) is 4.90 Å². The first-order valence-corrected chi connectivity index (χ1v) is 3.34. The van der Waals surface area contributed by atoms with E-state index in [1.54, 1.807) is 0 Å². The number of carbonyl (C=O) groups excluding carboxylic acids is 1. The van der Waals surface area contributed by atoms with Gasteiger partial charge < -0.3 is 10.0 Å². The van der Waals surface area contributed by atoms with Gasteiger partial charge in [0.25, 0.3) is 0 Å². The summed E-state index contributed by atoms with van der Waals surface area (Å²) < 4.78 is 0. The number of likely N-dealkylation sites (tertiary alicyclic amines) is 1. The lowest BCUT2D eigenvalue weighted by atomic mass is 10.2. The number of hydrogen-bond acceptors (Lipinski definition) is 2. The van der Waals surface area contributed by atoms with Crippen molar-refractivity contribution in [2.24, 2.45) is 0 Å².